The molecule has 0 amide bonds. The van der Waals surface area contributed by atoms with E-state index < -0.39 is 0 Å². The highest BCUT2D eigenvalue weighted by Gasteiger charge is 2.07. The van der Waals surface area contributed by atoms with Gasteiger partial charge in [0.2, 0.25) is 0 Å². The van der Waals surface area contributed by atoms with Crippen LogP contribution < -0.4 is 14.8 Å². The predicted molar refractivity (Wildman–Crippen MR) is 76.8 cm³/mol. The van der Waals surface area contributed by atoms with Gasteiger partial charge < -0.3 is 14.8 Å². The van der Waals surface area contributed by atoms with Crippen LogP contribution in [0.1, 0.15) is 12.5 Å². The second kappa shape index (κ2) is 6.91. The Kier molecular flexibility index (Phi) is 4.96. The van der Waals surface area contributed by atoms with Crippen LogP contribution in [0.5, 0.6) is 17.2 Å². The van der Waals surface area contributed by atoms with E-state index in [0.29, 0.717) is 23.8 Å². The van der Waals surface area contributed by atoms with Crippen LogP contribution in [0.3, 0.4) is 0 Å². The first-order chi connectivity index (χ1) is 9.72. The summed E-state index contributed by atoms with van der Waals surface area (Å²) < 4.78 is 24.5. The van der Waals surface area contributed by atoms with Crippen LogP contribution in [0.2, 0.25) is 0 Å². The summed E-state index contributed by atoms with van der Waals surface area (Å²) in [5, 5.41) is 3.16. The molecule has 0 spiro atoms. The molecule has 2 aromatic carbocycles. The molecule has 0 saturated heterocycles. The smallest absolute Gasteiger partial charge is 0.169 e. The zero-order chi connectivity index (χ0) is 14.4. The maximum absolute atomic E-state index is 13.6. The van der Waals surface area contributed by atoms with Gasteiger partial charge in [-0.25, -0.2) is 4.39 Å². The van der Waals surface area contributed by atoms with E-state index in [1.54, 1.807) is 19.2 Å². The minimum absolute atomic E-state index is 0.315. The molecule has 0 aromatic heterocycles. The van der Waals surface area contributed by atoms with E-state index in [0.717, 1.165) is 12.1 Å². The Hall–Kier alpha value is -2.07. The van der Waals surface area contributed by atoms with Gasteiger partial charge >= 0.3 is 0 Å². The fourth-order valence-corrected chi connectivity index (χ4v) is 1.88. The molecule has 0 aliphatic heterocycles. The first-order valence-electron chi connectivity index (χ1n) is 6.54. The van der Waals surface area contributed by atoms with Gasteiger partial charge in [0.25, 0.3) is 0 Å². The average Bonchev–Trinajstić information content (AvgIpc) is 2.45. The fraction of sp³-hybridized carbons (Fsp3) is 0.250. The molecule has 0 heterocycles. The normalized spacial score (nSPS) is 10.3. The molecule has 0 bridgehead atoms. The Morgan fingerprint density at radius 1 is 1.10 bits per heavy atom. The van der Waals surface area contributed by atoms with Gasteiger partial charge in [-0.2, -0.15) is 0 Å². The second-order valence-electron chi connectivity index (χ2n) is 4.33. The lowest BCUT2D eigenvalue weighted by Gasteiger charge is -2.11. The summed E-state index contributed by atoms with van der Waals surface area (Å²) >= 11 is 0. The molecule has 0 aliphatic rings. The minimum atomic E-state index is -0.315. The number of benzene rings is 2. The maximum Gasteiger partial charge on any atom is 0.169 e. The number of hydrogen-bond donors (Lipinski definition) is 1. The Bertz CT molecular complexity index is 572. The van der Waals surface area contributed by atoms with Crippen molar-refractivity contribution < 1.29 is 13.9 Å². The summed E-state index contributed by atoms with van der Waals surface area (Å²) in [5.41, 5.74) is 0.844. The molecule has 0 fully saturated rings. The highest BCUT2D eigenvalue weighted by Crippen LogP contribution is 2.31. The Morgan fingerprint density at radius 2 is 1.85 bits per heavy atom. The Balaban J connectivity index is 2.22. The van der Waals surface area contributed by atoms with Gasteiger partial charge in [-0.15, -0.1) is 0 Å². The number of rotatable bonds is 6. The number of hydrogen-bond acceptors (Lipinski definition) is 3. The van der Waals surface area contributed by atoms with Crippen LogP contribution >= 0.6 is 0 Å². The second-order valence-corrected chi connectivity index (χ2v) is 4.33. The molecule has 106 valence electrons. The lowest BCUT2D eigenvalue weighted by molar-refractivity contribution is 0.378. The first-order valence-corrected chi connectivity index (χ1v) is 6.54. The van der Waals surface area contributed by atoms with Crippen LogP contribution in [-0.4, -0.2) is 13.7 Å². The van der Waals surface area contributed by atoms with E-state index in [1.165, 1.54) is 12.1 Å². The maximum atomic E-state index is 13.6. The fourth-order valence-electron chi connectivity index (χ4n) is 1.88. The molecule has 0 unspecified atom stereocenters. The summed E-state index contributed by atoms with van der Waals surface area (Å²) in [6, 6.07) is 12.0. The standard InChI is InChI=1S/C16H18FNO2/c1-3-18-11-12-8-13(17)10-14(9-12)20-16-7-5-4-6-15(16)19-2/h4-10,18H,3,11H2,1-2H3. The van der Waals surface area contributed by atoms with Crippen molar-refractivity contribution in [2.45, 2.75) is 13.5 Å². The van der Waals surface area contributed by atoms with Gasteiger partial charge in [0.1, 0.15) is 11.6 Å². The third-order valence-corrected chi connectivity index (χ3v) is 2.81. The van der Waals surface area contributed by atoms with Crippen molar-refractivity contribution in [1.82, 2.24) is 5.32 Å². The van der Waals surface area contributed by atoms with Gasteiger partial charge in [0.05, 0.1) is 7.11 Å². The molecule has 0 aliphatic carbocycles. The van der Waals surface area contributed by atoms with Crippen LogP contribution in [0.15, 0.2) is 42.5 Å². The molecule has 2 rings (SSSR count). The summed E-state index contributed by atoms with van der Waals surface area (Å²) in [7, 11) is 1.57. The van der Waals surface area contributed by atoms with E-state index >= 15 is 0 Å². The van der Waals surface area contributed by atoms with Gasteiger partial charge in [0.15, 0.2) is 11.5 Å². The van der Waals surface area contributed by atoms with E-state index in [2.05, 4.69) is 5.32 Å². The third-order valence-electron chi connectivity index (χ3n) is 2.81. The van der Waals surface area contributed by atoms with E-state index in [1.807, 2.05) is 25.1 Å². The predicted octanol–water partition coefficient (Wildman–Crippen LogP) is 3.74. The quantitative estimate of drug-likeness (QED) is 0.871. The van der Waals surface area contributed by atoms with E-state index in [-0.39, 0.29) is 5.82 Å². The van der Waals surface area contributed by atoms with Crippen molar-refractivity contribution in [3.8, 4) is 17.2 Å². The van der Waals surface area contributed by atoms with Crippen molar-refractivity contribution in [2.24, 2.45) is 0 Å². The van der Waals surface area contributed by atoms with Crippen molar-refractivity contribution in [2.75, 3.05) is 13.7 Å². The number of para-hydroxylation sites is 2. The molecule has 0 radical (unpaired) electrons. The number of nitrogens with one attached hydrogen (secondary N) is 1. The number of halogens is 1. The first kappa shape index (κ1) is 14.3. The molecule has 0 atom stereocenters. The molecular formula is C16H18FNO2. The molecule has 0 saturated carbocycles. The molecule has 1 N–H and O–H groups in total. The lowest BCUT2D eigenvalue weighted by Crippen LogP contribution is -2.11. The number of ether oxygens (including phenoxy) is 2. The van der Waals surface area contributed by atoms with E-state index in [9.17, 15) is 4.39 Å². The van der Waals surface area contributed by atoms with Gasteiger partial charge in [0, 0.05) is 12.6 Å². The molecule has 4 heteroatoms. The highest BCUT2D eigenvalue weighted by molar-refractivity contribution is 5.43. The minimum Gasteiger partial charge on any atom is -0.493 e. The molecule has 20 heavy (non-hydrogen) atoms. The van der Waals surface area contributed by atoms with Gasteiger partial charge in [-0.05, 0) is 36.4 Å². The topological polar surface area (TPSA) is 30.5 Å². The molecular weight excluding hydrogens is 257 g/mol. The SMILES string of the molecule is CCNCc1cc(F)cc(Oc2ccccc2OC)c1. The Morgan fingerprint density at radius 3 is 2.55 bits per heavy atom. The summed E-state index contributed by atoms with van der Waals surface area (Å²) in [6.07, 6.45) is 0. The number of methoxy groups -OCH3 is 1. The van der Waals surface area contributed by atoms with E-state index in [4.69, 9.17) is 9.47 Å². The van der Waals surface area contributed by atoms with Crippen molar-refractivity contribution in [1.29, 1.82) is 0 Å². The zero-order valence-corrected chi connectivity index (χ0v) is 11.7. The summed E-state index contributed by atoms with van der Waals surface area (Å²) in [5.74, 6) is 1.33. The van der Waals surface area contributed by atoms with Crippen molar-refractivity contribution >= 4 is 0 Å². The van der Waals surface area contributed by atoms with Gasteiger partial charge in [-0.1, -0.05) is 19.1 Å². The largest absolute Gasteiger partial charge is 0.493 e. The monoisotopic (exact) mass is 275 g/mol. The Labute approximate surface area is 118 Å². The lowest BCUT2D eigenvalue weighted by atomic mass is 10.2. The molecule has 3 nitrogen and oxygen atoms in total. The summed E-state index contributed by atoms with van der Waals surface area (Å²) in [6.45, 7) is 3.45. The zero-order valence-electron chi connectivity index (χ0n) is 11.7. The van der Waals surface area contributed by atoms with Crippen LogP contribution in [0.25, 0.3) is 0 Å². The average molecular weight is 275 g/mol. The third kappa shape index (κ3) is 3.71. The van der Waals surface area contributed by atoms with Crippen molar-refractivity contribution in [3.63, 3.8) is 0 Å². The van der Waals surface area contributed by atoms with Crippen LogP contribution in [0, 0.1) is 5.82 Å². The molecule has 2 aromatic rings. The van der Waals surface area contributed by atoms with Crippen LogP contribution in [-0.2, 0) is 6.54 Å². The van der Waals surface area contributed by atoms with Crippen molar-refractivity contribution in [3.05, 3.63) is 53.8 Å². The van der Waals surface area contributed by atoms with Crippen LogP contribution in [0.4, 0.5) is 4.39 Å². The highest BCUT2D eigenvalue weighted by atomic mass is 19.1. The van der Waals surface area contributed by atoms with Gasteiger partial charge in [-0.3, -0.25) is 0 Å². The summed E-state index contributed by atoms with van der Waals surface area (Å²) in [4.78, 5) is 0.